The van der Waals surface area contributed by atoms with E-state index in [1.54, 1.807) is 20.4 Å². The Balaban J connectivity index is 1.72. The molecule has 0 N–H and O–H groups in total. The van der Waals surface area contributed by atoms with Gasteiger partial charge in [0.15, 0.2) is 5.88 Å². The Labute approximate surface area is 177 Å². The van der Waals surface area contributed by atoms with E-state index in [0.29, 0.717) is 35.5 Å². The molecule has 1 aromatic carbocycles. The molecule has 156 valence electrons. The fourth-order valence-electron chi connectivity index (χ4n) is 4.40. The molecule has 0 spiro atoms. The predicted molar refractivity (Wildman–Crippen MR) is 115 cm³/mol. The maximum Gasteiger partial charge on any atom is 0.199 e. The number of nitrogens with zero attached hydrogens (tertiary/aromatic N) is 3. The first kappa shape index (κ1) is 20.1. The highest BCUT2D eigenvalue weighted by Crippen LogP contribution is 2.38. The number of fused-ring (bicyclic) bond motifs is 1. The lowest BCUT2D eigenvalue weighted by molar-refractivity contribution is 0.246. The van der Waals surface area contributed by atoms with Gasteiger partial charge in [-0.05, 0) is 48.9 Å². The van der Waals surface area contributed by atoms with Gasteiger partial charge in [-0.15, -0.1) is 0 Å². The summed E-state index contributed by atoms with van der Waals surface area (Å²) in [5.74, 6) is 3.05. The number of methoxy groups -OCH3 is 2. The summed E-state index contributed by atoms with van der Waals surface area (Å²) < 4.78 is 19.2. The van der Waals surface area contributed by atoms with E-state index in [0.717, 1.165) is 22.8 Å². The Bertz CT molecular complexity index is 1080. The van der Waals surface area contributed by atoms with E-state index in [9.17, 15) is 5.26 Å². The molecule has 6 heteroatoms. The molecule has 2 atom stereocenters. The molecular weight excluding hydrogens is 378 g/mol. The Kier molecular flexibility index (Phi) is 5.80. The first-order chi connectivity index (χ1) is 14.7. The zero-order valence-corrected chi connectivity index (χ0v) is 17.7. The summed E-state index contributed by atoms with van der Waals surface area (Å²) in [5, 5.41) is 9.73. The third kappa shape index (κ3) is 3.68. The van der Waals surface area contributed by atoms with Gasteiger partial charge in [-0.1, -0.05) is 25.8 Å². The Morgan fingerprint density at radius 3 is 2.63 bits per heavy atom. The Hall–Kier alpha value is -3.20. The van der Waals surface area contributed by atoms with Crippen LogP contribution in [-0.2, 0) is 0 Å². The van der Waals surface area contributed by atoms with Crippen molar-refractivity contribution in [2.45, 2.75) is 32.6 Å². The van der Waals surface area contributed by atoms with Crippen molar-refractivity contribution < 1.29 is 14.2 Å². The van der Waals surface area contributed by atoms with E-state index >= 15 is 0 Å². The largest absolute Gasteiger partial charge is 0.495 e. The molecule has 3 aromatic rings. The second-order valence-electron chi connectivity index (χ2n) is 7.83. The van der Waals surface area contributed by atoms with Crippen LogP contribution < -0.4 is 14.2 Å². The molecule has 4 rings (SSSR count). The van der Waals surface area contributed by atoms with Gasteiger partial charge in [-0.2, -0.15) is 5.26 Å². The fraction of sp³-hybridized carbons (Fsp3) is 0.417. The van der Waals surface area contributed by atoms with Crippen LogP contribution in [0, 0.1) is 23.2 Å². The number of pyridine rings is 1. The number of aromatic nitrogens is 2. The number of benzene rings is 1. The van der Waals surface area contributed by atoms with Crippen LogP contribution in [0.2, 0.25) is 0 Å². The summed E-state index contributed by atoms with van der Waals surface area (Å²) in [6, 6.07) is 11.7. The van der Waals surface area contributed by atoms with Crippen LogP contribution in [0.5, 0.6) is 17.4 Å². The molecule has 1 saturated carbocycles. The molecule has 1 fully saturated rings. The van der Waals surface area contributed by atoms with Crippen LogP contribution in [0.1, 0.15) is 38.2 Å². The molecule has 0 bridgehead atoms. The minimum atomic E-state index is 0.423. The normalized spacial score (nSPS) is 18.3. The Morgan fingerprint density at radius 1 is 1.13 bits per heavy atom. The molecule has 2 heterocycles. The van der Waals surface area contributed by atoms with Gasteiger partial charge in [0.25, 0.3) is 0 Å². The minimum Gasteiger partial charge on any atom is -0.495 e. The second kappa shape index (κ2) is 8.66. The maximum absolute atomic E-state index is 9.73. The Morgan fingerprint density at radius 2 is 1.93 bits per heavy atom. The predicted octanol–water partition coefficient (Wildman–Crippen LogP) is 5.10. The second-order valence-corrected chi connectivity index (χ2v) is 7.83. The van der Waals surface area contributed by atoms with Gasteiger partial charge in [0.1, 0.15) is 28.8 Å². The number of rotatable bonds is 7. The summed E-state index contributed by atoms with van der Waals surface area (Å²) in [6.45, 7) is 2.87. The van der Waals surface area contributed by atoms with Crippen molar-refractivity contribution in [1.29, 1.82) is 5.26 Å². The molecule has 1 aliphatic rings. The highest BCUT2D eigenvalue weighted by Gasteiger charge is 2.25. The number of ether oxygens (including phenoxy) is 3. The van der Waals surface area contributed by atoms with E-state index in [1.807, 2.05) is 34.7 Å². The van der Waals surface area contributed by atoms with Crippen LogP contribution >= 0.6 is 0 Å². The van der Waals surface area contributed by atoms with Gasteiger partial charge in [0.2, 0.25) is 0 Å². The van der Waals surface area contributed by atoms with Crippen LogP contribution in [-0.4, -0.2) is 30.2 Å². The van der Waals surface area contributed by atoms with Crippen molar-refractivity contribution in [3.63, 3.8) is 0 Å². The van der Waals surface area contributed by atoms with Crippen molar-refractivity contribution >= 4 is 5.65 Å². The summed E-state index contributed by atoms with van der Waals surface area (Å²) in [7, 11) is 3.21. The molecule has 30 heavy (non-hydrogen) atoms. The van der Waals surface area contributed by atoms with Gasteiger partial charge < -0.3 is 14.2 Å². The smallest absolute Gasteiger partial charge is 0.199 e. The van der Waals surface area contributed by atoms with Crippen LogP contribution in [0.15, 0.2) is 36.5 Å². The number of nitriles is 1. The van der Waals surface area contributed by atoms with E-state index < -0.39 is 0 Å². The van der Waals surface area contributed by atoms with Gasteiger partial charge in [-0.3, -0.25) is 4.40 Å². The van der Waals surface area contributed by atoms with Crippen molar-refractivity contribution in [2.24, 2.45) is 11.8 Å². The quantitative estimate of drug-likeness (QED) is 0.547. The lowest BCUT2D eigenvalue weighted by Crippen LogP contribution is -2.10. The highest BCUT2D eigenvalue weighted by molar-refractivity contribution is 5.71. The standard InChI is InChI=1S/C24H27N3O3/c1-4-16-8-9-17(10-16)15-30-22-12-18(11-21(28-2)19(22)13-25)20-14-26-23-6-5-7-24(29-3)27(20)23/h5-7,11-12,14,16-17H,4,8-10,15H2,1-3H3. The van der Waals surface area contributed by atoms with E-state index in [1.165, 1.54) is 25.7 Å². The molecule has 0 radical (unpaired) electrons. The highest BCUT2D eigenvalue weighted by atomic mass is 16.5. The van der Waals surface area contributed by atoms with E-state index in [2.05, 4.69) is 18.0 Å². The van der Waals surface area contributed by atoms with Crippen LogP contribution in [0.25, 0.3) is 16.9 Å². The summed E-state index contributed by atoms with van der Waals surface area (Å²) >= 11 is 0. The first-order valence-corrected chi connectivity index (χ1v) is 10.4. The fourth-order valence-corrected chi connectivity index (χ4v) is 4.40. The molecule has 0 amide bonds. The van der Waals surface area contributed by atoms with Crippen molar-refractivity contribution in [3.05, 3.63) is 42.1 Å². The van der Waals surface area contributed by atoms with Crippen LogP contribution in [0.3, 0.4) is 0 Å². The average molecular weight is 405 g/mol. The molecule has 2 unspecified atom stereocenters. The number of imidazole rings is 1. The molecule has 0 saturated heterocycles. The average Bonchev–Trinajstić information content (AvgIpc) is 3.43. The zero-order chi connectivity index (χ0) is 21.1. The molecular formula is C24H27N3O3. The molecule has 0 aliphatic heterocycles. The topological polar surface area (TPSA) is 68.8 Å². The van der Waals surface area contributed by atoms with Crippen molar-refractivity contribution in [1.82, 2.24) is 9.38 Å². The van der Waals surface area contributed by atoms with Gasteiger partial charge in [0, 0.05) is 5.56 Å². The molecule has 6 nitrogen and oxygen atoms in total. The SMILES string of the molecule is CCC1CCC(COc2cc(-c3cnc4cccc(OC)n34)cc(OC)c2C#N)C1. The summed E-state index contributed by atoms with van der Waals surface area (Å²) in [4.78, 5) is 4.49. The number of hydrogen-bond acceptors (Lipinski definition) is 5. The van der Waals surface area contributed by atoms with E-state index in [4.69, 9.17) is 14.2 Å². The third-order valence-corrected chi connectivity index (χ3v) is 6.10. The lowest BCUT2D eigenvalue weighted by Gasteiger charge is -2.16. The van der Waals surface area contributed by atoms with Crippen LogP contribution in [0.4, 0.5) is 0 Å². The van der Waals surface area contributed by atoms with Crippen molar-refractivity contribution in [3.8, 4) is 34.7 Å². The lowest BCUT2D eigenvalue weighted by atomic mass is 10.0. The van der Waals surface area contributed by atoms with E-state index in [-0.39, 0.29) is 0 Å². The summed E-state index contributed by atoms with van der Waals surface area (Å²) in [6.07, 6.45) is 6.66. The van der Waals surface area contributed by atoms with Gasteiger partial charge >= 0.3 is 0 Å². The van der Waals surface area contributed by atoms with Gasteiger partial charge in [-0.25, -0.2) is 4.98 Å². The third-order valence-electron chi connectivity index (χ3n) is 6.10. The first-order valence-electron chi connectivity index (χ1n) is 10.4. The number of hydrogen-bond donors (Lipinski definition) is 0. The monoisotopic (exact) mass is 405 g/mol. The van der Waals surface area contributed by atoms with Crippen molar-refractivity contribution in [2.75, 3.05) is 20.8 Å². The maximum atomic E-state index is 9.73. The zero-order valence-electron chi connectivity index (χ0n) is 17.7. The van der Waals surface area contributed by atoms with Gasteiger partial charge in [0.05, 0.1) is 32.7 Å². The minimum absolute atomic E-state index is 0.423. The summed E-state index contributed by atoms with van der Waals surface area (Å²) in [5.41, 5.74) is 2.91. The molecule has 2 aromatic heterocycles. The molecule has 1 aliphatic carbocycles.